The highest BCUT2D eigenvalue weighted by Gasteiger charge is 2.24. The molecule has 3 nitrogen and oxygen atoms in total. The fraction of sp³-hybridized carbons (Fsp3) is 0.294. The van der Waals surface area contributed by atoms with E-state index in [1.165, 1.54) is 29.1 Å². The Kier molecular flexibility index (Phi) is 2.43. The van der Waals surface area contributed by atoms with Gasteiger partial charge < -0.3 is 4.57 Å². The number of fused-ring (bicyclic) bond motifs is 3. The van der Waals surface area contributed by atoms with E-state index in [1.54, 1.807) is 6.92 Å². The van der Waals surface area contributed by atoms with Crippen LogP contribution in [0.1, 0.15) is 30.1 Å². The average Bonchev–Trinajstić information content (AvgIpc) is 3.23. The van der Waals surface area contributed by atoms with Crippen molar-refractivity contribution >= 4 is 27.6 Å². The molecule has 100 valence electrons. The Labute approximate surface area is 117 Å². The Balaban J connectivity index is 2.05. The third-order valence-electron chi connectivity index (χ3n) is 4.21. The Morgan fingerprint density at radius 3 is 2.80 bits per heavy atom. The van der Waals surface area contributed by atoms with Crippen molar-refractivity contribution in [1.29, 1.82) is 0 Å². The summed E-state index contributed by atoms with van der Waals surface area (Å²) in [6, 6.07) is 8.08. The maximum atomic E-state index is 11.6. The molecule has 0 unspecified atom stereocenters. The summed E-state index contributed by atoms with van der Waals surface area (Å²) in [5.74, 6) is 0.906. The van der Waals surface area contributed by atoms with Crippen molar-refractivity contribution in [2.75, 3.05) is 0 Å². The first kappa shape index (κ1) is 11.6. The van der Waals surface area contributed by atoms with Crippen molar-refractivity contribution in [2.45, 2.75) is 26.3 Å². The van der Waals surface area contributed by atoms with E-state index in [1.807, 2.05) is 24.5 Å². The van der Waals surface area contributed by atoms with E-state index in [9.17, 15) is 4.79 Å². The predicted molar refractivity (Wildman–Crippen MR) is 80.0 cm³/mol. The van der Waals surface area contributed by atoms with Crippen LogP contribution in [0.2, 0.25) is 0 Å². The van der Waals surface area contributed by atoms with E-state index >= 15 is 0 Å². The minimum Gasteiger partial charge on any atom is -0.339 e. The number of ketones is 1. The number of nitrogens with zero attached hydrogens (tertiary/aromatic N) is 2. The Hall–Kier alpha value is -2.16. The zero-order valence-corrected chi connectivity index (χ0v) is 11.5. The van der Waals surface area contributed by atoms with Gasteiger partial charge in [-0.05, 0) is 37.8 Å². The first-order valence-corrected chi connectivity index (χ1v) is 7.11. The Morgan fingerprint density at radius 2 is 2.05 bits per heavy atom. The number of hydrogen-bond donors (Lipinski definition) is 0. The fourth-order valence-electron chi connectivity index (χ4n) is 2.92. The molecule has 0 N–H and O–H groups in total. The van der Waals surface area contributed by atoms with E-state index < -0.39 is 0 Å². The van der Waals surface area contributed by atoms with Crippen molar-refractivity contribution in [3.05, 3.63) is 42.2 Å². The van der Waals surface area contributed by atoms with Crippen LogP contribution in [0.4, 0.5) is 0 Å². The molecule has 2 aromatic heterocycles. The summed E-state index contributed by atoms with van der Waals surface area (Å²) in [5, 5.41) is 2.44. The van der Waals surface area contributed by atoms with Crippen LogP contribution in [-0.4, -0.2) is 15.3 Å². The van der Waals surface area contributed by atoms with Crippen LogP contribution in [0.25, 0.3) is 21.8 Å². The molecule has 1 aromatic carbocycles. The molecule has 0 amide bonds. The van der Waals surface area contributed by atoms with Gasteiger partial charge in [0.15, 0.2) is 5.78 Å². The normalized spacial score (nSPS) is 15.1. The lowest BCUT2D eigenvalue weighted by atomic mass is 10.1. The third kappa shape index (κ3) is 1.73. The highest BCUT2D eigenvalue weighted by molar-refractivity contribution is 6.09. The van der Waals surface area contributed by atoms with Crippen LogP contribution in [0.5, 0.6) is 0 Å². The van der Waals surface area contributed by atoms with Gasteiger partial charge in [0.1, 0.15) is 0 Å². The number of Topliss-reactive ketones (excluding diaryl/α,β-unsaturated/α-hetero) is 1. The van der Waals surface area contributed by atoms with Crippen molar-refractivity contribution in [1.82, 2.24) is 9.55 Å². The molecule has 0 radical (unpaired) electrons. The minimum atomic E-state index is 0.119. The molecule has 1 fully saturated rings. The van der Waals surface area contributed by atoms with E-state index in [-0.39, 0.29) is 5.78 Å². The molecule has 1 aliphatic carbocycles. The quantitative estimate of drug-likeness (QED) is 0.674. The molecular weight excluding hydrogens is 248 g/mol. The number of pyridine rings is 1. The molecule has 1 saturated carbocycles. The Morgan fingerprint density at radius 1 is 1.25 bits per heavy atom. The number of carbonyl (C=O) groups is 1. The number of carbonyl (C=O) groups excluding carboxylic acids is 1. The molecule has 0 aliphatic heterocycles. The highest BCUT2D eigenvalue weighted by atomic mass is 16.1. The van der Waals surface area contributed by atoms with Crippen LogP contribution in [0.3, 0.4) is 0 Å². The van der Waals surface area contributed by atoms with Crippen LogP contribution < -0.4 is 0 Å². The van der Waals surface area contributed by atoms with Gasteiger partial charge in [-0.2, -0.15) is 0 Å². The average molecular weight is 264 g/mol. The number of benzene rings is 1. The third-order valence-corrected chi connectivity index (χ3v) is 4.21. The van der Waals surface area contributed by atoms with Gasteiger partial charge in [-0.1, -0.05) is 12.1 Å². The molecule has 0 saturated heterocycles. The zero-order chi connectivity index (χ0) is 13.7. The monoisotopic (exact) mass is 264 g/mol. The van der Waals surface area contributed by atoms with E-state index in [2.05, 4.69) is 21.7 Å². The van der Waals surface area contributed by atoms with Gasteiger partial charge in [-0.25, -0.2) is 0 Å². The SMILES string of the molecule is CC(=O)c1ccc2c3ccncc3n(CC3CC3)c2c1. The van der Waals surface area contributed by atoms with Crippen LogP contribution in [-0.2, 0) is 6.54 Å². The summed E-state index contributed by atoms with van der Waals surface area (Å²) in [6.07, 6.45) is 6.40. The van der Waals surface area contributed by atoms with E-state index in [4.69, 9.17) is 0 Å². The number of rotatable bonds is 3. The topological polar surface area (TPSA) is 34.9 Å². The predicted octanol–water partition coefficient (Wildman–Crippen LogP) is 3.80. The molecule has 0 atom stereocenters. The molecule has 3 aromatic rings. The van der Waals surface area contributed by atoms with Crippen molar-refractivity contribution in [3.63, 3.8) is 0 Å². The first-order valence-electron chi connectivity index (χ1n) is 7.11. The molecule has 20 heavy (non-hydrogen) atoms. The fourth-order valence-corrected chi connectivity index (χ4v) is 2.92. The minimum absolute atomic E-state index is 0.119. The smallest absolute Gasteiger partial charge is 0.159 e. The lowest BCUT2D eigenvalue weighted by molar-refractivity contribution is 0.101. The summed E-state index contributed by atoms with van der Waals surface area (Å²) < 4.78 is 2.34. The van der Waals surface area contributed by atoms with Gasteiger partial charge in [0.25, 0.3) is 0 Å². The Bertz CT molecular complexity index is 827. The molecular formula is C17H16N2O. The summed E-state index contributed by atoms with van der Waals surface area (Å²) in [4.78, 5) is 15.9. The van der Waals surface area contributed by atoms with E-state index in [0.717, 1.165) is 23.5 Å². The lowest BCUT2D eigenvalue weighted by Gasteiger charge is -2.06. The van der Waals surface area contributed by atoms with Crippen molar-refractivity contribution in [3.8, 4) is 0 Å². The van der Waals surface area contributed by atoms with Gasteiger partial charge in [0.2, 0.25) is 0 Å². The van der Waals surface area contributed by atoms with Crippen LogP contribution in [0, 0.1) is 5.92 Å². The molecule has 4 rings (SSSR count). The standard InChI is InChI=1S/C17H16N2O/c1-11(20)13-4-5-14-15-6-7-18-9-17(15)19(16(14)8-13)10-12-2-3-12/h4-9,12H,2-3,10H2,1H3. The molecule has 0 bridgehead atoms. The largest absolute Gasteiger partial charge is 0.339 e. The maximum Gasteiger partial charge on any atom is 0.159 e. The first-order chi connectivity index (χ1) is 9.74. The zero-order valence-electron chi connectivity index (χ0n) is 11.5. The molecule has 2 heterocycles. The summed E-state index contributed by atoms with van der Waals surface area (Å²) in [7, 11) is 0. The second kappa shape index (κ2) is 4.17. The van der Waals surface area contributed by atoms with Gasteiger partial charge in [-0.3, -0.25) is 9.78 Å². The van der Waals surface area contributed by atoms with Gasteiger partial charge in [0, 0.05) is 34.6 Å². The van der Waals surface area contributed by atoms with Crippen molar-refractivity contribution in [2.24, 2.45) is 5.92 Å². The highest BCUT2D eigenvalue weighted by Crippen LogP contribution is 2.35. The van der Waals surface area contributed by atoms with E-state index in [0.29, 0.717) is 0 Å². The van der Waals surface area contributed by atoms with Crippen LogP contribution >= 0.6 is 0 Å². The number of aromatic nitrogens is 2. The van der Waals surface area contributed by atoms with Crippen molar-refractivity contribution < 1.29 is 4.79 Å². The molecule has 1 aliphatic rings. The number of hydrogen-bond acceptors (Lipinski definition) is 2. The van der Waals surface area contributed by atoms with Gasteiger partial charge >= 0.3 is 0 Å². The summed E-state index contributed by atoms with van der Waals surface area (Å²) >= 11 is 0. The second-order valence-corrected chi connectivity index (χ2v) is 5.73. The van der Waals surface area contributed by atoms with Gasteiger partial charge in [-0.15, -0.1) is 0 Å². The lowest BCUT2D eigenvalue weighted by Crippen LogP contribution is -2.00. The molecule has 0 spiro atoms. The van der Waals surface area contributed by atoms with Gasteiger partial charge in [0.05, 0.1) is 11.7 Å². The second-order valence-electron chi connectivity index (χ2n) is 5.73. The molecule has 3 heteroatoms. The summed E-state index contributed by atoms with van der Waals surface area (Å²) in [5.41, 5.74) is 3.12. The maximum absolute atomic E-state index is 11.6. The van der Waals surface area contributed by atoms with Crippen LogP contribution in [0.15, 0.2) is 36.7 Å². The summed E-state index contributed by atoms with van der Waals surface area (Å²) in [6.45, 7) is 2.66.